The molecule has 3 aliphatic rings. The summed E-state index contributed by atoms with van der Waals surface area (Å²) in [6.45, 7) is 5.71. The average Bonchev–Trinajstić information content (AvgIpc) is 3.66. The summed E-state index contributed by atoms with van der Waals surface area (Å²) in [5.41, 5.74) is 3.67. The number of amides is 1. The van der Waals surface area contributed by atoms with E-state index in [-0.39, 0.29) is 24.0 Å². The summed E-state index contributed by atoms with van der Waals surface area (Å²) >= 11 is 0. The number of hydrogen-bond acceptors (Lipinski definition) is 8. The number of nitrogens with zero attached hydrogens (tertiary/aromatic N) is 7. The van der Waals surface area contributed by atoms with Gasteiger partial charge in [0.15, 0.2) is 11.5 Å². The second-order valence-electron chi connectivity index (χ2n) is 10.5. The Labute approximate surface area is 214 Å². The van der Waals surface area contributed by atoms with Gasteiger partial charge in [0, 0.05) is 66.5 Å². The zero-order valence-corrected chi connectivity index (χ0v) is 21.1. The van der Waals surface area contributed by atoms with Crippen LogP contribution in [0.25, 0.3) is 27.8 Å². The number of hydrogen-bond donors (Lipinski definition) is 1. The van der Waals surface area contributed by atoms with Gasteiger partial charge in [0.1, 0.15) is 5.82 Å². The number of aryl methyl sites for hydroxylation is 1. The van der Waals surface area contributed by atoms with Crippen LogP contribution in [-0.4, -0.2) is 80.8 Å². The van der Waals surface area contributed by atoms with E-state index < -0.39 is 0 Å². The molecule has 0 aromatic carbocycles. The third-order valence-corrected chi connectivity index (χ3v) is 7.57. The molecule has 190 valence electrons. The Morgan fingerprint density at radius 3 is 2.65 bits per heavy atom. The summed E-state index contributed by atoms with van der Waals surface area (Å²) < 4.78 is 7.99. The Morgan fingerprint density at radius 1 is 1.08 bits per heavy atom. The van der Waals surface area contributed by atoms with Crippen LogP contribution in [0, 0.1) is 5.92 Å². The summed E-state index contributed by atoms with van der Waals surface area (Å²) in [5, 5.41) is 9.71. The molecule has 1 aliphatic carbocycles. The third kappa shape index (κ3) is 4.19. The molecule has 6 heterocycles. The van der Waals surface area contributed by atoms with Gasteiger partial charge in [-0.25, -0.2) is 14.5 Å². The Kier molecular flexibility index (Phi) is 5.33. The largest absolute Gasteiger partial charge is 0.369 e. The Balaban J connectivity index is 1.24. The van der Waals surface area contributed by atoms with Crippen molar-refractivity contribution in [2.24, 2.45) is 5.92 Å². The van der Waals surface area contributed by atoms with Crippen LogP contribution >= 0.6 is 0 Å². The van der Waals surface area contributed by atoms with E-state index in [0.29, 0.717) is 11.6 Å². The number of carbonyl (C=O) groups is 1. The standard InChI is InChI=1S/C27H30N8O2/c1-3-23-21-9-29-24(30-27(36)16-4-5-16)8-20(21)22(10-28-23)26-31-25-7-6-17(11-35(25)32-26)34-14-18-12-33(2)13-19(15-34)37-18/h6-11,16,18-19H,3-5,12-15H2,1-2H3,(H,29,30,36). The molecule has 7 rings (SSSR count). The van der Waals surface area contributed by atoms with E-state index in [0.717, 1.165) is 78.8 Å². The van der Waals surface area contributed by atoms with Crippen LogP contribution in [0.3, 0.4) is 0 Å². The van der Waals surface area contributed by atoms with Crippen molar-refractivity contribution in [1.82, 2.24) is 29.5 Å². The molecule has 2 aliphatic heterocycles. The molecular formula is C27H30N8O2. The molecule has 1 N–H and O–H groups in total. The smallest absolute Gasteiger partial charge is 0.228 e. The van der Waals surface area contributed by atoms with E-state index in [4.69, 9.17) is 14.8 Å². The van der Waals surface area contributed by atoms with Crippen LogP contribution in [0.2, 0.25) is 0 Å². The molecule has 10 heteroatoms. The van der Waals surface area contributed by atoms with Crippen LogP contribution < -0.4 is 10.2 Å². The van der Waals surface area contributed by atoms with Gasteiger partial charge in [-0.05, 0) is 44.5 Å². The van der Waals surface area contributed by atoms with Gasteiger partial charge in [-0.1, -0.05) is 6.92 Å². The van der Waals surface area contributed by atoms with Crippen LogP contribution in [-0.2, 0) is 16.0 Å². The zero-order valence-electron chi connectivity index (χ0n) is 21.1. The lowest BCUT2D eigenvalue weighted by molar-refractivity contribution is -0.117. The van der Waals surface area contributed by atoms with Crippen molar-refractivity contribution in [3.63, 3.8) is 0 Å². The van der Waals surface area contributed by atoms with Crippen molar-refractivity contribution >= 4 is 33.8 Å². The van der Waals surface area contributed by atoms with Gasteiger partial charge in [0.25, 0.3) is 0 Å². The van der Waals surface area contributed by atoms with Crippen LogP contribution in [0.5, 0.6) is 0 Å². The fourth-order valence-electron chi connectivity index (χ4n) is 5.57. The van der Waals surface area contributed by atoms with Gasteiger partial charge in [0.2, 0.25) is 5.91 Å². The first kappa shape index (κ1) is 22.6. The van der Waals surface area contributed by atoms with Gasteiger partial charge < -0.3 is 19.9 Å². The fourth-order valence-corrected chi connectivity index (χ4v) is 5.57. The molecule has 1 amide bonds. The predicted molar refractivity (Wildman–Crippen MR) is 141 cm³/mol. The normalized spacial score (nSPS) is 22.1. The number of pyridine rings is 3. The highest BCUT2D eigenvalue weighted by atomic mass is 16.5. The van der Waals surface area contributed by atoms with Crippen molar-refractivity contribution in [1.29, 1.82) is 0 Å². The minimum Gasteiger partial charge on any atom is -0.369 e. The van der Waals surface area contributed by atoms with Crippen molar-refractivity contribution < 1.29 is 9.53 Å². The first-order valence-electron chi connectivity index (χ1n) is 13.1. The number of morpholine rings is 2. The molecule has 2 atom stereocenters. The van der Waals surface area contributed by atoms with Crippen molar-refractivity contribution in [3.8, 4) is 11.4 Å². The summed E-state index contributed by atoms with van der Waals surface area (Å²) in [4.78, 5) is 31.1. The van der Waals surface area contributed by atoms with Crippen molar-refractivity contribution in [3.05, 3.63) is 42.5 Å². The van der Waals surface area contributed by atoms with E-state index in [9.17, 15) is 4.79 Å². The van der Waals surface area contributed by atoms with Gasteiger partial charge in [-0.3, -0.25) is 9.78 Å². The van der Waals surface area contributed by atoms with E-state index >= 15 is 0 Å². The third-order valence-electron chi connectivity index (χ3n) is 7.57. The Bertz CT molecular complexity index is 1500. The number of ether oxygens (including phenoxy) is 1. The maximum atomic E-state index is 12.3. The summed E-state index contributed by atoms with van der Waals surface area (Å²) in [7, 11) is 2.16. The van der Waals surface area contributed by atoms with Crippen LogP contribution in [0.15, 0.2) is 36.8 Å². The van der Waals surface area contributed by atoms with Crippen molar-refractivity contribution in [2.75, 3.05) is 43.4 Å². The molecule has 0 radical (unpaired) electrons. The lowest BCUT2D eigenvalue weighted by Crippen LogP contribution is -2.58. The molecule has 2 bridgehead atoms. The molecule has 2 unspecified atom stereocenters. The number of anilines is 2. The molecule has 1 saturated carbocycles. The van der Waals surface area contributed by atoms with Crippen molar-refractivity contribution in [2.45, 2.75) is 38.4 Å². The highest BCUT2D eigenvalue weighted by molar-refractivity contribution is 6.00. The monoisotopic (exact) mass is 498 g/mol. The number of carbonyl (C=O) groups excluding carboxylic acids is 1. The Hall–Kier alpha value is -3.63. The second-order valence-corrected chi connectivity index (χ2v) is 10.5. The lowest BCUT2D eigenvalue weighted by Gasteiger charge is -2.45. The molecule has 3 fully saturated rings. The Morgan fingerprint density at radius 2 is 1.89 bits per heavy atom. The SMILES string of the molecule is CCc1ncc(-c2nc3ccc(N4CC5CN(C)CC(C4)O5)cn3n2)c2cc(NC(=O)C3CC3)ncc12. The number of aromatic nitrogens is 5. The first-order chi connectivity index (χ1) is 18.0. The summed E-state index contributed by atoms with van der Waals surface area (Å²) in [6, 6.07) is 6.05. The summed E-state index contributed by atoms with van der Waals surface area (Å²) in [5.74, 6) is 1.30. The number of likely N-dealkylation sites (N-methyl/N-ethyl adjacent to an activating group) is 1. The quantitative estimate of drug-likeness (QED) is 0.448. The van der Waals surface area contributed by atoms with E-state index in [1.54, 1.807) is 6.20 Å². The van der Waals surface area contributed by atoms with Crippen LogP contribution in [0.1, 0.15) is 25.5 Å². The van der Waals surface area contributed by atoms with E-state index in [2.05, 4.69) is 51.3 Å². The molecular weight excluding hydrogens is 468 g/mol. The number of fused-ring (bicyclic) bond motifs is 4. The molecule has 4 aromatic heterocycles. The minimum absolute atomic E-state index is 0.0375. The first-order valence-corrected chi connectivity index (χ1v) is 13.1. The van der Waals surface area contributed by atoms with Gasteiger partial charge in [0.05, 0.1) is 24.1 Å². The molecule has 37 heavy (non-hydrogen) atoms. The maximum absolute atomic E-state index is 12.3. The maximum Gasteiger partial charge on any atom is 0.228 e. The summed E-state index contributed by atoms with van der Waals surface area (Å²) in [6.07, 6.45) is 8.81. The topological polar surface area (TPSA) is 101 Å². The predicted octanol–water partition coefficient (Wildman–Crippen LogP) is 2.77. The highest BCUT2D eigenvalue weighted by Crippen LogP contribution is 2.33. The van der Waals surface area contributed by atoms with E-state index in [1.165, 1.54) is 0 Å². The molecule has 4 aromatic rings. The minimum atomic E-state index is 0.0375. The van der Waals surface area contributed by atoms with Gasteiger partial charge >= 0.3 is 0 Å². The highest BCUT2D eigenvalue weighted by Gasteiger charge is 2.34. The molecule has 0 spiro atoms. The fraction of sp³-hybridized carbons (Fsp3) is 0.444. The van der Waals surface area contributed by atoms with Crippen LogP contribution in [0.4, 0.5) is 11.5 Å². The number of rotatable bonds is 5. The second kappa shape index (κ2) is 8.74. The van der Waals surface area contributed by atoms with Gasteiger partial charge in [-0.2, -0.15) is 0 Å². The van der Waals surface area contributed by atoms with E-state index in [1.807, 2.05) is 22.8 Å². The average molecular weight is 499 g/mol. The van der Waals surface area contributed by atoms with Gasteiger partial charge in [-0.15, -0.1) is 5.10 Å². The number of nitrogens with one attached hydrogen (secondary N) is 1. The lowest BCUT2D eigenvalue weighted by atomic mass is 10.1. The zero-order chi connectivity index (χ0) is 25.1. The molecule has 10 nitrogen and oxygen atoms in total. The molecule has 2 saturated heterocycles.